The molecule has 0 saturated carbocycles. The third kappa shape index (κ3) is 3.26. The molecule has 0 bridgehead atoms. The van der Waals surface area contributed by atoms with Gasteiger partial charge in [0.1, 0.15) is 11.1 Å². The Morgan fingerprint density at radius 1 is 0.767 bits per heavy atom. The molecule has 0 saturated heterocycles. The number of pyridine rings is 2. The van der Waals surface area contributed by atoms with Crippen molar-refractivity contribution in [1.82, 2.24) is 9.97 Å². The van der Waals surface area contributed by atoms with Crippen LogP contribution in [0.2, 0.25) is 0 Å². The standard InChI is InChI=1S/C27H24N2O/c1-17(2)20-13-14-28-24(16-20)21-9-11-25-22(15-21)27-26(30-25)12-10-23(29-27)18(3)19-7-5-4-6-8-19/h4-18H,1-3H3. The van der Waals surface area contributed by atoms with Gasteiger partial charge in [0.25, 0.3) is 0 Å². The van der Waals surface area contributed by atoms with E-state index >= 15 is 0 Å². The maximum atomic E-state index is 6.06. The summed E-state index contributed by atoms with van der Waals surface area (Å²) in [5, 5.41) is 1.03. The van der Waals surface area contributed by atoms with E-state index in [0.29, 0.717) is 5.92 Å². The van der Waals surface area contributed by atoms with Gasteiger partial charge in [0.15, 0.2) is 5.58 Å². The fourth-order valence-corrected chi connectivity index (χ4v) is 3.94. The number of rotatable bonds is 4. The van der Waals surface area contributed by atoms with E-state index in [4.69, 9.17) is 9.40 Å². The van der Waals surface area contributed by atoms with Crippen LogP contribution in [0.5, 0.6) is 0 Å². The van der Waals surface area contributed by atoms with Crippen molar-refractivity contribution in [1.29, 1.82) is 0 Å². The van der Waals surface area contributed by atoms with Gasteiger partial charge in [-0.2, -0.15) is 0 Å². The summed E-state index contributed by atoms with van der Waals surface area (Å²) in [7, 11) is 0. The van der Waals surface area contributed by atoms with Gasteiger partial charge < -0.3 is 4.42 Å². The van der Waals surface area contributed by atoms with E-state index in [-0.39, 0.29) is 5.92 Å². The lowest BCUT2D eigenvalue weighted by molar-refractivity contribution is 0.667. The van der Waals surface area contributed by atoms with Gasteiger partial charge in [-0.15, -0.1) is 0 Å². The van der Waals surface area contributed by atoms with Gasteiger partial charge in [-0.05, 0) is 59.5 Å². The molecule has 0 N–H and O–H groups in total. The summed E-state index contributed by atoms with van der Waals surface area (Å²) in [6.45, 7) is 6.59. The summed E-state index contributed by atoms with van der Waals surface area (Å²) in [5.41, 5.74) is 8.22. The highest BCUT2D eigenvalue weighted by Gasteiger charge is 2.15. The van der Waals surface area contributed by atoms with Crippen LogP contribution in [-0.2, 0) is 0 Å². The normalized spacial score (nSPS) is 12.7. The summed E-state index contributed by atoms with van der Waals surface area (Å²) in [5.74, 6) is 0.682. The van der Waals surface area contributed by atoms with Crippen LogP contribution in [-0.4, -0.2) is 9.97 Å². The maximum absolute atomic E-state index is 6.06. The number of hydrogen-bond acceptors (Lipinski definition) is 3. The largest absolute Gasteiger partial charge is 0.454 e. The highest BCUT2D eigenvalue weighted by atomic mass is 16.3. The van der Waals surface area contributed by atoms with E-state index < -0.39 is 0 Å². The lowest BCUT2D eigenvalue weighted by atomic mass is 9.97. The molecule has 0 radical (unpaired) electrons. The molecule has 2 aromatic carbocycles. The Hall–Kier alpha value is -3.46. The predicted octanol–water partition coefficient (Wildman–Crippen LogP) is 7.32. The van der Waals surface area contributed by atoms with Crippen LogP contribution >= 0.6 is 0 Å². The molecule has 0 amide bonds. The molecule has 148 valence electrons. The van der Waals surface area contributed by atoms with Gasteiger partial charge in [-0.25, -0.2) is 4.98 Å². The fourth-order valence-electron chi connectivity index (χ4n) is 3.94. The highest BCUT2D eigenvalue weighted by Crippen LogP contribution is 2.33. The first-order valence-corrected chi connectivity index (χ1v) is 10.4. The number of aromatic nitrogens is 2. The zero-order valence-electron chi connectivity index (χ0n) is 17.5. The summed E-state index contributed by atoms with van der Waals surface area (Å²) in [4.78, 5) is 9.60. The van der Waals surface area contributed by atoms with Gasteiger partial charge in [-0.3, -0.25) is 4.98 Å². The minimum atomic E-state index is 0.216. The van der Waals surface area contributed by atoms with Gasteiger partial charge in [-0.1, -0.05) is 51.1 Å². The van der Waals surface area contributed by atoms with Crippen molar-refractivity contribution < 1.29 is 4.42 Å². The Morgan fingerprint density at radius 3 is 2.37 bits per heavy atom. The molecule has 0 spiro atoms. The van der Waals surface area contributed by atoms with Crippen LogP contribution in [0.1, 0.15) is 49.4 Å². The summed E-state index contributed by atoms with van der Waals surface area (Å²) >= 11 is 0. The second kappa shape index (κ2) is 7.42. The van der Waals surface area contributed by atoms with Crippen LogP contribution < -0.4 is 0 Å². The molecule has 30 heavy (non-hydrogen) atoms. The first kappa shape index (κ1) is 18.6. The molecule has 3 nitrogen and oxygen atoms in total. The molecule has 0 aliphatic heterocycles. The van der Waals surface area contributed by atoms with Crippen molar-refractivity contribution in [3.05, 3.63) is 95.8 Å². The van der Waals surface area contributed by atoms with Crippen molar-refractivity contribution in [3.63, 3.8) is 0 Å². The van der Waals surface area contributed by atoms with E-state index in [0.717, 1.165) is 39.0 Å². The highest BCUT2D eigenvalue weighted by molar-refractivity contribution is 6.03. The second-order valence-corrected chi connectivity index (χ2v) is 8.16. The summed E-state index contributed by atoms with van der Waals surface area (Å²) in [6.07, 6.45) is 1.89. The maximum Gasteiger partial charge on any atom is 0.153 e. The Bertz CT molecular complexity index is 1340. The lowest BCUT2D eigenvalue weighted by Gasteiger charge is -2.11. The van der Waals surface area contributed by atoms with Crippen molar-refractivity contribution in [2.24, 2.45) is 0 Å². The quantitative estimate of drug-likeness (QED) is 0.322. The third-order valence-corrected chi connectivity index (χ3v) is 5.82. The van der Waals surface area contributed by atoms with Crippen molar-refractivity contribution in [2.45, 2.75) is 32.6 Å². The van der Waals surface area contributed by atoms with E-state index in [9.17, 15) is 0 Å². The Labute approximate surface area is 176 Å². The van der Waals surface area contributed by atoms with Gasteiger partial charge in [0, 0.05) is 28.8 Å². The van der Waals surface area contributed by atoms with E-state index in [1.165, 1.54) is 11.1 Å². The van der Waals surface area contributed by atoms with Crippen LogP contribution in [0, 0.1) is 0 Å². The van der Waals surface area contributed by atoms with Crippen molar-refractivity contribution >= 4 is 22.1 Å². The smallest absolute Gasteiger partial charge is 0.153 e. The predicted molar refractivity (Wildman–Crippen MR) is 123 cm³/mol. The van der Waals surface area contributed by atoms with Gasteiger partial charge >= 0.3 is 0 Å². The van der Waals surface area contributed by atoms with E-state index in [1.54, 1.807) is 0 Å². The monoisotopic (exact) mass is 392 g/mol. The van der Waals surface area contributed by atoms with Crippen LogP contribution in [0.4, 0.5) is 0 Å². The molecule has 0 fully saturated rings. The summed E-state index contributed by atoms with van der Waals surface area (Å²) in [6, 6.07) is 25.1. The Balaban J connectivity index is 1.62. The molecule has 3 heteroatoms. The first-order chi connectivity index (χ1) is 14.6. The Kier molecular flexibility index (Phi) is 4.59. The average Bonchev–Trinajstić information content (AvgIpc) is 3.16. The summed E-state index contributed by atoms with van der Waals surface area (Å²) < 4.78 is 6.06. The zero-order chi connectivity index (χ0) is 20.7. The molecule has 1 atom stereocenters. The number of nitrogens with zero attached hydrogens (tertiary/aromatic N) is 2. The molecule has 3 aromatic heterocycles. The molecular formula is C27H24N2O. The first-order valence-electron chi connectivity index (χ1n) is 10.4. The molecular weight excluding hydrogens is 368 g/mol. The Morgan fingerprint density at radius 2 is 1.57 bits per heavy atom. The molecule has 5 rings (SSSR count). The van der Waals surface area contributed by atoms with Gasteiger partial charge in [0.05, 0.1) is 5.69 Å². The topological polar surface area (TPSA) is 38.9 Å². The number of benzene rings is 2. The van der Waals surface area contributed by atoms with Crippen LogP contribution in [0.3, 0.4) is 0 Å². The molecule has 0 aliphatic rings. The average molecular weight is 393 g/mol. The van der Waals surface area contributed by atoms with Crippen molar-refractivity contribution in [3.8, 4) is 11.3 Å². The number of hydrogen-bond donors (Lipinski definition) is 0. The molecule has 1 unspecified atom stereocenters. The fraction of sp³-hybridized carbons (Fsp3) is 0.185. The minimum absolute atomic E-state index is 0.216. The zero-order valence-corrected chi connectivity index (χ0v) is 17.5. The molecule has 5 aromatic rings. The van der Waals surface area contributed by atoms with E-state index in [2.05, 4.69) is 80.4 Å². The lowest BCUT2D eigenvalue weighted by Crippen LogP contribution is -1.98. The van der Waals surface area contributed by atoms with E-state index in [1.807, 2.05) is 24.4 Å². The second-order valence-electron chi connectivity index (χ2n) is 8.16. The SMILES string of the molecule is CC(C)c1ccnc(-c2ccc3oc4ccc(C(C)c5ccccc5)nc4c3c2)c1. The van der Waals surface area contributed by atoms with Crippen LogP contribution in [0.25, 0.3) is 33.3 Å². The van der Waals surface area contributed by atoms with Crippen LogP contribution in [0.15, 0.2) is 83.4 Å². The molecule has 3 heterocycles. The minimum Gasteiger partial charge on any atom is -0.454 e. The number of fused-ring (bicyclic) bond motifs is 3. The molecule has 0 aliphatic carbocycles. The van der Waals surface area contributed by atoms with Crippen molar-refractivity contribution in [2.75, 3.05) is 0 Å². The third-order valence-electron chi connectivity index (χ3n) is 5.82. The number of furan rings is 1. The van der Waals surface area contributed by atoms with Gasteiger partial charge in [0.2, 0.25) is 0 Å².